The molecule has 2 aromatic rings. The van der Waals surface area contributed by atoms with E-state index in [0.717, 1.165) is 30.3 Å². The monoisotopic (exact) mass is 323 g/mol. The van der Waals surface area contributed by atoms with Crippen LogP contribution in [0.1, 0.15) is 43.8 Å². The van der Waals surface area contributed by atoms with Crippen molar-refractivity contribution in [2.45, 2.75) is 45.8 Å². The number of rotatable bonds is 5. The predicted molar refractivity (Wildman–Crippen MR) is 83.0 cm³/mol. The van der Waals surface area contributed by atoms with Crippen molar-refractivity contribution in [1.82, 2.24) is 19.5 Å². The Labute approximate surface area is 133 Å². The Kier molecular flexibility index (Phi) is 4.39. The van der Waals surface area contributed by atoms with Crippen molar-refractivity contribution in [2.24, 2.45) is 5.92 Å². The summed E-state index contributed by atoms with van der Waals surface area (Å²) in [5.41, 5.74) is 0. The zero-order chi connectivity index (χ0) is 15.7. The van der Waals surface area contributed by atoms with Gasteiger partial charge in [0.05, 0.1) is 6.10 Å². The average Bonchev–Trinajstić information content (AvgIpc) is 3.16. The van der Waals surface area contributed by atoms with E-state index < -0.39 is 0 Å². The van der Waals surface area contributed by atoms with Crippen LogP contribution in [0.4, 0.5) is 5.13 Å². The maximum absolute atomic E-state index is 5.52. The quantitative estimate of drug-likeness (QED) is 0.836. The summed E-state index contributed by atoms with van der Waals surface area (Å²) in [4.78, 5) is 11.2. The van der Waals surface area contributed by atoms with E-state index in [2.05, 4.69) is 38.2 Å². The van der Waals surface area contributed by atoms with Crippen molar-refractivity contribution in [3.8, 4) is 0 Å². The van der Waals surface area contributed by atoms with Crippen molar-refractivity contribution in [1.29, 1.82) is 0 Å². The van der Waals surface area contributed by atoms with Crippen LogP contribution >= 0.6 is 11.5 Å². The lowest BCUT2D eigenvalue weighted by Crippen LogP contribution is -2.24. The number of anilines is 1. The fourth-order valence-electron chi connectivity index (χ4n) is 2.67. The first-order valence-electron chi connectivity index (χ1n) is 7.49. The van der Waals surface area contributed by atoms with E-state index in [1.807, 2.05) is 6.92 Å². The van der Waals surface area contributed by atoms with E-state index in [1.54, 1.807) is 7.11 Å². The fraction of sp³-hybridized carbons (Fsp3) is 0.714. The summed E-state index contributed by atoms with van der Waals surface area (Å²) in [5.74, 6) is 2.71. The van der Waals surface area contributed by atoms with Crippen LogP contribution < -0.4 is 4.90 Å². The standard InChI is InChI=1S/C14H21N5O2S/c1-8(2)5-12-16-14(22-18-12)19-7-10(20-4)6-11(19)13-15-9(3)17-21-13/h8,10-11H,5-7H2,1-4H3. The minimum atomic E-state index is 0.00556. The molecule has 1 aliphatic heterocycles. The molecule has 22 heavy (non-hydrogen) atoms. The van der Waals surface area contributed by atoms with E-state index >= 15 is 0 Å². The van der Waals surface area contributed by atoms with E-state index in [0.29, 0.717) is 17.6 Å². The average molecular weight is 323 g/mol. The van der Waals surface area contributed by atoms with Gasteiger partial charge in [-0.3, -0.25) is 0 Å². The Balaban J connectivity index is 1.84. The van der Waals surface area contributed by atoms with Crippen LogP contribution in [0.15, 0.2) is 4.52 Å². The first kappa shape index (κ1) is 15.4. The van der Waals surface area contributed by atoms with E-state index in [4.69, 9.17) is 9.26 Å². The van der Waals surface area contributed by atoms with Gasteiger partial charge in [0.25, 0.3) is 0 Å². The smallest absolute Gasteiger partial charge is 0.249 e. The Morgan fingerprint density at radius 1 is 1.41 bits per heavy atom. The third-order valence-electron chi connectivity index (χ3n) is 3.72. The second-order valence-corrected chi connectivity index (χ2v) is 6.76. The molecule has 2 unspecified atom stereocenters. The van der Waals surface area contributed by atoms with Gasteiger partial charge in [0, 0.05) is 38.0 Å². The van der Waals surface area contributed by atoms with Crippen LogP contribution in [-0.2, 0) is 11.2 Å². The Morgan fingerprint density at radius 3 is 2.86 bits per heavy atom. The molecule has 0 spiro atoms. The topological polar surface area (TPSA) is 77.2 Å². The Morgan fingerprint density at radius 2 is 2.23 bits per heavy atom. The summed E-state index contributed by atoms with van der Waals surface area (Å²) in [6.45, 7) is 6.92. The molecule has 1 aliphatic rings. The summed E-state index contributed by atoms with van der Waals surface area (Å²) < 4.78 is 15.3. The van der Waals surface area contributed by atoms with Crippen molar-refractivity contribution in [2.75, 3.05) is 18.6 Å². The largest absolute Gasteiger partial charge is 0.380 e. The summed E-state index contributed by atoms with van der Waals surface area (Å²) in [6.07, 6.45) is 1.84. The molecule has 120 valence electrons. The van der Waals surface area contributed by atoms with E-state index in [9.17, 15) is 0 Å². The second kappa shape index (κ2) is 6.29. The van der Waals surface area contributed by atoms with Gasteiger partial charge in [-0.05, 0) is 12.8 Å². The second-order valence-electron chi connectivity index (χ2n) is 6.03. The third kappa shape index (κ3) is 3.12. The molecule has 3 heterocycles. The van der Waals surface area contributed by atoms with E-state index in [-0.39, 0.29) is 12.1 Å². The molecule has 0 N–H and O–H groups in total. The highest BCUT2D eigenvalue weighted by Gasteiger charge is 2.38. The van der Waals surface area contributed by atoms with Crippen LogP contribution in [0.2, 0.25) is 0 Å². The first-order chi connectivity index (χ1) is 10.6. The molecule has 1 saturated heterocycles. The van der Waals surface area contributed by atoms with Gasteiger partial charge in [-0.15, -0.1) is 0 Å². The number of hydrogen-bond donors (Lipinski definition) is 0. The lowest BCUT2D eigenvalue weighted by Gasteiger charge is -2.19. The molecule has 2 atom stereocenters. The van der Waals surface area contributed by atoms with Crippen molar-refractivity contribution in [3.63, 3.8) is 0 Å². The van der Waals surface area contributed by atoms with Gasteiger partial charge in [0.15, 0.2) is 5.82 Å². The zero-order valence-corrected chi connectivity index (χ0v) is 14.1. The van der Waals surface area contributed by atoms with Gasteiger partial charge in [-0.1, -0.05) is 19.0 Å². The molecule has 0 aromatic carbocycles. The number of methoxy groups -OCH3 is 1. The Hall–Kier alpha value is -1.54. The highest BCUT2D eigenvalue weighted by molar-refractivity contribution is 7.09. The fourth-order valence-corrected chi connectivity index (χ4v) is 3.43. The molecule has 8 heteroatoms. The van der Waals surface area contributed by atoms with Crippen LogP contribution in [0.25, 0.3) is 0 Å². The molecule has 2 aromatic heterocycles. The van der Waals surface area contributed by atoms with Crippen molar-refractivity contribution in [3.05, 3.63) is 17.5 Å². The number of aromatic nitrogens is 4. The predicted octanol–water partition coefficient (Wildman–Crippen LogP) is 2.39. The summed E-state index contributed by atoms with van der Waals surface area (Å²) in [5, 5.41) is 4.80. The molecule has 1 fully saturated rings. The molecule has 0 saturated carbocycles. The number of hydrogen-bond acceptors (Lipinski definition) is 8. The summed E-state index contributed by atoms with van der Waals surface area (Å²) in [7, 11) is 1.73. The lowest BCUT2D eigenvalue weighted by molar-refractivity contribution is 0.117. The number of ether oxygens (including phenoxy) is 1. The summed E-state index contributed by atoms with van der Waals surface area (Å²) in [6, 6.07) is 0.00556. The van der Waals surface area contributed by atoms with Crippen LogP contribution in [0.5, 0.6) is 0 Å². The van der Waals surface area contributed by atoms with Gasteiger partial charge >= 0.3 is 0 Å². The minimum Gasteiger partial charge on any atom is -0.380 e. The molecular formula is C14H21N5O2S. The normalized spacial score (nSPS) is 22.0. The molecule has 0 radical (unpaired) electrons. The zero-order valence-electron chi connectivity index (χ0n) is 13.3. The van der Waals surface area contributed by atoms with E-state index in [1.165, 1.54) is 11.5 Å². The molecule has 0 aliphatic carbocycles. The maximum Gasteiger partial charge on any atom is 0.249 e. The first-order valence-corrected chi connectivity index (χ1v) is 8.26. The highest BCUT2D eigenvalue weighted by atomic mass is 32.1. The van der Waals surface area contributed by atoms with Crippen LogP contribution in [0.3, 0.4) is 0 Å². The molecule has 3 rings (SSSR count). The minimum absolute atomic E-state index is 0.00556. The van der Waals surface area contributed by atoms with Crippen LogP contribution in [0, 0.1) is 12.8 Å². The molecule has 7 nitrogen and oxygen atoms in total. The lowest BCUT2D eigenvalue weighted by atomic mass is 10.1. The van der Waals surface area contributed by atoms with Gasteiger partial charge in [0.1, 0.15) is 11.9 Å². The SMILES string of the molecule is COC1CC(c2nc(C)no2)N(c2nc(CC(C)C)ns2)C1. The Bertz CT molecular complexity index is 626. The van der Waals surface area contributed by atoms with Crippen molar-refractivity contribution < 1.29 is 9.26 Å². The highest BCUT2D eigenvalue weighted by Crippen LogP contribution is 2.37. The van der Waals surface area contributed by atoms with Crippen molar-refractivity contribution >= 4 is 16.7 Å². The van der Waals surface area contributed by atoms with Gasteiger partial charge in [-0.2, -0.15) is 9.36 Å². The number of aryl methyl sites for hydroxylation is 1. The van der Waals surface area contributed by atoms with Gasteiger partial charge < -0.3 is 14.2 Å². The molecular weight excluding hydrogens is 302 g/mol. The molecule has 0 bridgehead atoms. The van der Waals surface area contributed by atoms with Gasteiger partial charge in [0.2, 0.25) is 11.0 Å². The van der Waals surface area contributed by atoms with Crippen LogP contribution in [-0.4, -0.2) is 39.3 Å². The van der Waals surface area contributed by atoms with Gasteiger partial charge in [-0.25, -0.2) is 4.98 Å². The third-order valence-corrected chi connectivity index (χ3v) is 4.51. The number of nitrogens with zero attached hydrogens (tertiary/aromatic N) is 5. The maximum atomic E-state index is 5.52. The summed E-state index contributed by atoms with van der Waals surface area (Å²) >= 11 is 1.43. The molecule has 0 amide bonds.